The Kier molecular flexibility index (Phi) is 5.97. The lowest BCUT2D eigenvalue weighted by atomic mass is 10.1. The Morgan fingerprint density at radius 2 is 1.72 bits per heavy atom. The van der Waals surface area contributed by atoms with E-state index in [1.165, 1.54) is 30.4 Å². The van der Waals surface area contributed by atoms with Crippen molar-refractivity contribution in [1.82, 2.24) is 5.32 Å². The fourth-order valence-corrected chi connectivity index (χ4v) is 2.72. The summed E-state index contributed by atoms with van der Waals surface area (Å²) in [6.45, 7) is 2.24. The number of nitrogens with one attached hydrogen (secondary N) is 1. The zero-order valence-electron chi connectivity index (χ0n) is 10.8. The molecular weight excluding hydrogens is 238 g/mol. The summed E-state index contributed by atoms with van der Waals surface area (Å²) in [5, 5.41) is 7.90. The molecule has 1 N–H and O–H groups in total. The van der Waals surface area contributed by atoms with E-state index in [0.29, 0.717) is 0 Å². The Labute approximate surface area is 114 Å². The van der Waals surface area contributed by atoms with Crippen LogP contribution in [0.2, 0.25) is 0 Å². The number of unbranched alkanes of at least 4 members (excludes halogenated alkanes) is 1. The van der Waals surface area contributed by atoms with Crippen molar-refractivity contribution in [3.05, 3.63) is 58.3 Å². The molecule has 0 fully saturated rings. The van der Waals surface area contributed by atoms with Crippen LogP contribution >= 0.6 is 11.3 Å². The monoisotopic (exact) mass is 259 g/mol. The van der Waals surface area contributed by atoms with Crippen molar-refractivity contribution in [3.63, 3.8) is 0 Å². The van der Waals surface area contributed by atoms with Gasteiger partial charge >= 0.3 is 0 Å². The molecule has 2 aromatic rings. The summed E-state index contributed by atoms with van der Waals surface area (Å²) in [6.07, 6.45) is 4.89. The van der Waals surface area contributed by atoms with Crippen LogP contribution in [0.25, 0.3) is 0 Å². The van der Waals surface area contributed by atoms with Crippen molar-refractivity contribution in [1.29, 1.82) is 0 Å². The van der Waals surface area contributed by atoms with E-state index in [0.717, 1.165) is 19.5 Å². The average Bonchev–Trinajstić information content (AvgIpc) is 2.92. The quantitative estimate of drug-likeness (QED) is 0.709. The van der Waals surface area contributed by atoms with Gasteiger partial charge in [-0.1, -0.05) is 30.3 Å². The van der Waals surface area contributed by atoms with Gasteiger partial charge in [0, 0.05) is 0 Å². The van der Waals surface area contributed by atoms with Crippen molar-refractivity contribution < 1.29 is 0 Å². The van der Waals surface area contributed by atoms with Crippen LogP contribution in [-0.2, 0) is 12.8 Å². The summed E-state index contributed by atoms with van der Waals surface area (Å²) in [7, 11) is 0. The van der Waals surface area contributed by atoms with Crippen LogP contribution in [0.1, 0.15) is 24.0 Å². The molecule has 1 heterocycles. The van der Waals surface area contributed by atoms with Gasteiger partial charge in [-0.2, -0.15) is 11.3 Å². The Hall–Kier alpha value is -1.12. The minimum atomic E-state index is 1.10. The van der Waals surface area contributed by atoms with Crippen LogP contribution in [0.4, 0.5) is 0 Å². The summed E-state index contributed by atoms with van der Waals surface area (Å²) < 4.78 is 0. The molecule has 2 rings (SSSR count). The van der Waals surface area contributed by atoms with Gasteiger partial charge in [0.05, 0.1) is 0 Å². The third-order valence-electron chi connectivity index (χ3n) is 3.08. The zero-order chi connectivity index (χ0) is 12.5. The first-order valence-corrected chi connectivity index (χ1v) is 7.65. The van der Waals surface area contributed by atoms with Crippen LogP contribution < -0.4 is 5.32 Å². The molecule has 0 aliphatic heterocycles. The topological polar surface area (TPSA) is 12.0 Å². The highest BCUT2D eigenvalue weighted by Crippen LogP contribution is 2.06. The molecule has 0 amide bonds. The minimum Gasteiger partial charge on any atom is -0.316 e. The largest absolute Gasteiger partial charge is 0.316 e. The van der Waals surface area contributed by atoms with Crippen molar-refractivity contribution in [2.24, 2.45) is 0 Å². The van der Waals surface area contributed by atoms with E-state index in [1.807, 2.05) is 0 Å². The van der Waals surface area contributed by atoms with E-state index < -0.39 is 0 Å². The van der Waals surface area contributed by atoms with Gasteiger partial charge in [0.15, 0.2) is 0 Å². The van der Waals surface area contributed by atoms with Gasteiger partial charge in [-0.25, -0.2) is 0 Å². The van der Waals surface area contributed by atoms with Crippen molar-refractivity contribution in [2.75, 3.05) is 13.1 Å². The van der Waals surface area contributed by atoms with Gasteiger partial charge in [-0.05, 0) is 66.7 Å². The third-order valence-corrected chi connectivity index (χ3v) is 3.81. The first-order valence-electron chi connectivity index (χ1n) is 6.71. The van der Waals surface area contributed by atoms with Gasteiger partial charge in [0.2, 0.25) is 0 Å². The first kappa shape index (κ1) is 13.3. The van der Waals surface area contributed by atoms with Crippen LogP contribution in [-0.4, -0.2) is 13.1 Å². The normalized spacial score (nSPS) is 10.7. The van der Waals surface area contributed by atoms with E-state index >= 15 is 0 Å². The van der Waals surface area contributed by atoms with Crippen LogP contribution in [0.3, 0.4) is 0 Å². The Morgan fingerprint density at radius 3 is 2.50 bits per heavy atom. The van der Waals surface area contributed by atoms with Gasteiger partial charge in [0.25, 0.3) is 0 Å². The maximum Gasteiger partial charge on any atom is -0.000806 e. The number of hydrogen-bond donors (Lipinski definition) is 1. The third kappa shape index (κ3) is 5.03. The summed E-state index contributed by atoms with van der Waals surface area (Å²) in [5.41, 5.74) is 2.91. The number of thiophene rings is 1. The molecule has 0 spiro atoms. The van der Waals surface area contributed by atoms with Crippen LogP contribution in [0.5, 0.6) is 0 Å². The molecule has 18 heavy (non-hydrogen) atoms. The number of benzene rings is 1. The summed E-state index contributed by atoms with van der Waals surface area (Å²) >= 11 is 1.78. The number of aryl methyl sites for hydroxylation is 1. The van der Waals surface area contributed by atoms with Crippen LogP contribution in [0.15, 0.2) is 47.2 Å². The van der Waals surface area contributed by atoms with Gasteiger partial charge in [-0.15, -0.1) is 0 Å². The van der Waals surface area contributed by atoms with E-state index in [-0.39, 0.29) is 0 Å². The molecule has 0 saturated carbocycles. The number of rotatable bonds is 8. The summed E-state index contributed by atoms with van der Waals surface area (Å²) in [6, 6.07) is 13.0. The Bertz CT molecular complexity index is 408. The molecular formula is C16H21NS. The average molecular weight is 259 g/mol. The first-order chi connectivity index (χ1) is 8.95. The minimum absolute atomic E-state index is 1.10. The predicted molar refractivity (Wildman–Crippen MR) is 80.3 cm³/mol. The van der Waals surface area contributed by atoms with E-state index in [2.05, 4.69) is 52.5 Å². The zero-order valence-corrected chi connectivity index (χ0v) is 11.6. The smallest absolute Gasteiger partial charge is 0.000806 e. The molecule has 0 aliphatic rings. The van der Waals surface area contributed by atoms with Crippen molar-refractivity contribution in [3.8, 4) is 0 Å². The number of hydrogen-bond acceptors (Lipinski definition) is 2. The summed E-state index contributed by atoms with van der Waals surface area (Å²) in [5.74, 6) is 0. The predicted octanol–water partition coefficient (Wildman–Crippen LogP) is 3.90. The highest BCUT2D eigenvalue weighted by molar-refractivity contribution is 7.07. The Balaban J connectivity index is 1.47. The van der Waals surface area contributed by atoms with Gasteiger partial charge < -0.3 is 5.32 Å². The molecule has 0 unspecified atom stereocenters. The molecule has 2 heteroatoms. The molecule has 0 bridgehead atoms. The maximum atomic E-state index is 3.51. The molecule has 1 aromatic heterocycles. The molecule has 1 nitrogen and oxygen atoms in total. The second-order valence-electron chi connectivity index (χ2n) is 4.57. The highest BCUT2D eigenvalue weighted by Gasteiger charge is 1.94. The Morgan fingerprint density at radius 1 is 0.833 bits per heavy atom. The van der Waals surface area contributed by atoms with E-state index in [1.54, 1.807) is 11.3 Å². The lowest BCUT2D eigenvalue weighted by Crippen LogP contribution is -2.18. The molecule has 96 valence electrons. The van der Waals surface area contributed by atoms with Gasteiger partial charge in [-0.3, -0.25) is 0 Å². The van der Waals surface area contributed by atoms with Gasteiger partial charge in [0.1, 0.15) is 0 Å². The second kappa shape index (κ2) is 8.06. The lowest BCUT2D eigenvalue weighted by Gasteiger charge is -2.04. The molecule has 0 radical (unpaired) electrons. The maximum absolute atomic E-state index is 3.51. The van der Waals surface area contributed by atoms with E-state index in [4.69, 9.17) is 0 Å². The molecule has 1 aromatic carbocycles. The molecule has 0 saturated heterocycles. The molecule has 0 atom stereocenters. The molecule has 0 aliphatic carbocycles. The lowest BCUT2D eigenvalue weighted by molar-refractivity contribution is 0.623. The second-order valence-corrected chi connectivity index (χ2v) is 5.35. The van der Waals surface area contributed by atoms with Crippen molar-refractivity contribution >= 4 is 11.3 Å². The van der Waals surface area contributed by atoms with Crippen molar-refractivity contribution in [2.45, 2.75) is 25.7 Å². The SMILES string of the molecule is c1ccc(CCCCNCCc2ccsc2)cc1. The van der Waals surface area contributed by atoms with Crippen LogP contribution in [0, 0.1) is 0 Å². The van der Waals surface area contributed by atoms with E-state index in [9.17, 15) is 0 Å². The standard InChI is InChI=1S/C16H21NS/c1-2-6-15(7-3-1)8-4-5-11-17-12-9-16-10-13-18-14-16/h1-3,6-7,10,13-14,17H,4-5,8-9,11-12H2. The fraction of sp³-hybridized carbons (Fsp3) is 0.375. The fourth-order valence-electron chi connectivity index (χ4n) is 2.02. The summed E-state index contributed by atoms with van der Waals surface area (Å²) in [4.78, 5) is 0. The highest BCUT2D eigenvalue weighted by atomic mass is 32.1.